The van der Waals surface area contributed by atoms with Crippen LogP contribution in [0.4, 0.5) is 14.5 Å². The van der Waals surface area contributed by atoms with Crippen LogP contribution in [0.5, 0.6) is 0 Å². The van der Waals surface area contributed by atoms with Gasteiger partial charge in [-0.3, -0.25) is 14.5 Å². The summed E-state index contributed by atoms with van der Waals surface area (Å²) in [4.78, 5) is 26.7. The van der Waals surface area contributed by atoms with Crippen LogP contribution in [0.15, 0.2) is 64.6 Å². The van der Waals surface area contributed by atoms with Crippen molar-refractivity contribution < 1.29 is 27.9 Å². The number of halogens is 2. The number of carbonyl (C=O) groups is 2. The maximum Gasteiger partial charge on any atom is 0.300 e. The molecule has 1 aliphatic heterocycles. The predicted octanol–water partition coefficient (Wildman–Crippen LogP) is 5.05. The molecule has 0 aliphatic carbocycles. The third-order valence-electron chi connectivity index (χ3n) is 5.28. The highest BCUT2D eigenvalue weighted by atomic mass is 19.1. The van der Waals surface area contributed by atoms with E-state index in [1.165, 1.54) is 6.07 Å². The number of benzene rings is 2. The molecule has 1 aliphatic rings. The van der Waals surface area contributed by atoms with Crippen LogP contribution >= 0.6 is 0 Å². The fourth-order valence-electron chi connectivity index (χ4n) is 3.67. The molecule has 1 N–H and O–H groups in total. The Kier molecular flexibility index (Phi) is 5.19. The number of rotatable bonds is 4. The van der Waals surface area contributed by atoms with Crippen LogP contribution in [-0.4, -0.2) is 16.8 Å². The molecule has 7 heteroatoms. The molecule has 4 rings (SSSR count). The summed E-state index contributed by atoms with van der Waals surface area (Å²) in [6, 6.07) is 11.4. The summed E-state index contributed by atoms with van der Waals surface area (Å²) >= 11 is 0. The third-order valence-corrected chi connectivity index (χ3v) is 5.28. The molecule has 1 atom stereocenters. The molecule has 0 radical (unpaired) electrons. The van der Waals surface area contributed by atoms with E-state index < -0.39 is 40.8 Å². The van der Waals surface area contributed by atoms with E-state index in [1.807, 2.05) is 6.92 Å². The predicted molar refractivity (Wildman–Crippen MR) is 110 cm³/mol. The van der Waals surface area contributed by atoms with Crippen molar-refractivity contribution in [2.24, 2.45) is 0 Å². The number of anilines is 1. The Balaban J connectivity index is 1.94. The molecule has 1 saturated heterocycles. The minimum absolute atomic E-state index is 0.145. The number of aliphatic hydroxyl groups excluding tert-OH is 1. The lowest BCUT2D eigenvalue weighted by Crippen LogP contribution is -2.30. The van der Waals surface area contributed by atoms with Crippen LogP contribution in [0, 0.1) is 18.6 Å². The first kappa shape index (κ1) is 20.5. The standard InChI is InChI=1S/C24H19F2NO4/c1-3-14-5-7-15(8-6-14)22(28)20-21(19-11-4-13(2)31-19)27(24(30)23(20)29)18-12-16(25)9-10-17(18)26/h4-12,21,28H,3H2,1-2H3/b22-20-. The van der Waals surface area contributed by atoms with Gasteiger partial charge in [0.2, 0.25) is 0 Å². The molecule has 2 aromatic carbocycles. The smallest absolute Gasteiger partial charge is 0.300 e. The second-order valence-electron chi connectivity index (χ2n) is 7.26. The van der Waals surface area contributed by atoms with E-state index in [2.05, 4.69) is 0 Å². The Morgan fingerprint density at radius 1 is 1.06 bits per heavy atom. The SMILES string of the molecule is CCc1ccc(/C(O)=C2/C(=O)C(=O)N(c3cc(F)ccc3F)C2c2ccc(C)o2)cc1. The topological polar surface area (TPSA) is 70.8 Å². The van der Waals surface area contributed by atoms with E-state index in [1.54, 1.807) is 37.3 Å². The van der Waals surface area contributed by atoms with Crippen LogP contribution in [-0.2, 0) is 16.0 Å². The van der Waals surface area contributed by atoms with Crippen LogP contribution in [0.25, 0.3) is 5.76 Å². The van der Waals surface area contributed by atoms with E-state index in [-0.39, 0.29) is 11.3 Å². The highest BCUT2D eigenvalue weighted by molar-refractivity contribution is 6.51. The Morgan fingerprint density at radius 2 is 1.77 bits per heavy atom. The molecule has 3 aromatic rings. The highest BCUT2D eigenvalue weighted by Gasteiger charge is 2.49. The second-order valence-corrected chi connectivity index (χ2v) is 7.26. The largest absolute Gasteiger partial charge is 0.507 e. The summed E-state index contributed by atoms with van der Waals surface area (Å²) in [7, 11) is 0. The first-order chi connectivity index (χ1) is 14.8. The molecular weight excluding hydrogens is 404 g/mol. The van der Waals surface area contributed by atoms with Gasteiger partial charge in [0.1, 0.15) is 35.0 Å². The summed E-state index contributed by atoms with van der Waals surface area (Å²) in [5.41, 5.74) is 0.675. The lowest BCUT2D eigenvalue weighted by molar-refractivity contribution is -0.132. The summed E-state index contributed by atoms with van der Waals surface area (Å²) < 4.78 is 34.1. The number of aliphatic hydroxyl groups is 1. The lowest BCUT2D eigenvalue weighted by atomic mass is 9.98. The molecule has 1 unspecified atom stereocenters. The van der Waals surface area contributed by atoms with Gasteiger partial charge in [-0.15, -0.1) is 0 Å². The van der Waals surface area contributed by atoms with E-state index in [0.29, 0.717) is 11.3 Å². The Morgan fingerprint density at radius 3 is 2.39 bits per heavy atom. The van der Waals surface area contributed by atoms with Gasteiger partial charge in [0.25, 0.3) is 11.7 Å². The number of nitrogens with zero attached hydrogens (tertiary/aromatic N) is 1. The van der Waals surface area contributed by atoms with Crippen molar-refractivity contribution in [1.29, 1.82) is 0 Å². The van der Waals surface area contributed by atoms with Gasteiger partial charge in [0.15, 0.2) is 0 Å². The summed E-state index contributed by atoms with van der Waals surface area (Å²) in [6.45, 7) is 3.65. The van der Waals surface area contributed by atoms with Gasteiger partial charge in [0.05, 0.1) is 11.3 Å². The fourth-order valence-corrected chi connectivity index (χ4v) is 3.67. The molecule has 0 bridgehead atoms. The zero-order chi connectivity index (χ0) is 22.3. The Bertz CT molecular complexity index is 1210. The first-order valence-corrected chi connectivity index (χ1v) is 9.73. The summed E-state index contributed by atoms with van der Waals surface area (Å²) in [6.07, 6.45) is 0.788. The molecule has 1 amide bonds. The monoisotopic (exact) mass is 423 g/mol. The van der Waals surface area contributed by atoms with Gasteiger partial charge in [-0.1, -0.05) is 31.2 Å². The number of Topliss-reactive ketones (excluding diaryl/α,β-unsaturated/α-hetero) is 1. The molecule has 2 heterocycles. The normalized spacial score (nSPS) is 18.1. The quantitative estimate of drug-likeness (QED) is 0.362. The van der Waals surface area contributed by atoms with Crippen molar-refractivity contribution in [2.75, 3.05) is 4.90 Å². The number of ketones is 1. The fraction of sp³-hybridized carbons (Fsp3) is 0.167. The summed E-state index contributed by atoms with van der Waals surface area (Å²) in [5, 5.41) is 11.0. The maximum atomic E-state index is 14.6. The molecule has 0 saturated carbocycles. The van der Waals surface area contributed by atoms with Crippen molar-refractivity contribution in [2.45, 2.75) is 26.3 Å². The van der Waals surface area contributed by atoms with Gasteiger partial charge < -0.3 is 9.52 Å². The first-order valence-electron chi connectivity index (χ1n) is 9.73. The number of hydrogen-bond acceptors (Lipinski definition) is 4. The van der Waals surface area contributed by atoms with Gasteiger partial charge in [-0.25, -0.2) is 8.78 Å². The van der Waals surface area contributed by atoms with Gasteiger partial charge in [-0.2, -0.15) is 0 Å². The van der Waals surface area contributed by atoms with Crippen LogP contribution in [0.3, 0.4) is 0 Å². The average molecular weight is 423 g/mol. The zero-order valence-corrected chi connectivity index (χ0v) is 16.9. The van der Waals surface area contributed by atoms with Crippen molar-refractivity contribution in [3.05, 3.63) is 94.5 Å². The number of aryl methyl sites for hydroxylation is 2. The van der Waals surface area contributed by atoms with E-state index in [0.717, 1.165) is 35.1 Å². The number of carbonyl (C=O) groups excluding carboxylic acids is 2. The zero-order valence-electron chi connectivity index (χ0n) is 16.9. The minimum Gasteiger partial charge on any atom is -0.507 e. The van der Waals surface area contributed by atoms with Gasteiger partial charge >= 0.3 is 0 Å². The van der Waals surface area contributed by atoms with E-state index in [4.69, 9.17) is 4.42 Å². The van der Waals surface area contributed by atoms with Crippen molar-refractivity contribution in [3.8, 4) is 0 Å². The van der Waals surface area contributed by atoms with Crippen molar-refractivity contribution in [3.63, 3.8) is 0 Å². The van der Waals surface area contributed by atoms with E-state index in [9.17, 15) is 23.5 Å². The molecule has 1 fully saturated rings. The van der Waals surface area contributed by atoms with Crippen LogP contribution < -0.4 is 4.90 Å². The van der Waals surface area contributed by atoms with E-state index >= 15 is 0 Å². The van der Waals surface area contributed by atoms with Gasteiger partial charge in [0, 0.05) is 11.6 Å². The molecular formula is C24H19F2NO4. The average Bonchev–Trinajstić information content (AvgIpc) is 3.30. The number of amides is 1. The van der Waals surface area contributed by atoms with Crippen LogP contribution in [0.2, 0.25) is 0 Å². The van der Waals surface area contributed by atoms with Crippen LogP contribution in [0.1, 0.15) is 35.6 Å². The molecule has 1 aromatic heterocycles. The molecule has 31 heavy (non-hydrogen) atoms. The Labute approximate surface area is 177 Å². The molecule has 5 nitrogen and oxygen atoms in total. The van der Waals surface area contributed by atoms with Crippen molar-refractivity contribution in [1.82, 2.24) is 0 Å². The molecule has 0 spiro atoms. The Hall–Kier alpha value is -3.74. The highest BCUT2D eigenvalue weighted by Crippen LogP contribution is 2.43. The molecule has 158 valence electrons. The number of furan rings is 1. The lowest BCUT2D eigenvalue weighted by Gasteiger charge is -2.23. The second kappa shape index (κ2) is 7.83. The third kappa shape index (κ3) is 3.52. The van der Waals surface area contributed by atoms with Crippen molar-refractivity contribution >= 4 is 23.1 Å². The number of hydrogen-bond donors (Lipinski definition) is 1. The minimum atomic E-state index is -1.25. The summed E-state index contributed by atoms with van der Waals surface area (Å²) in [5.74, 6) is -3.54. The maximum absolute atomic E-state index is 14.6. The van der Waals surface area contributed by atoms with Gasteiger partial charge in [-0.05, 0) is 43.2 Å².